The molecule has 0 radical (unpaired) electrons. The first-order valence-electron chi connectivity index (χ1n) is 6.05. The fourth-order valence-electron chi connectivity index (χ4n) is 2.80. The first kappa shape index (κ1) is 12.8. The molecule has 0 spiro atoms. The molecular weight excluding hydrogens is 309 g/mol. The molecule has 0 fully saturated rings. The van der Waals surface area contributed by atoms with Crippen LogP contribution in [0.3, 0.4) is 0 Å². The third-order valence-corrected chi connectivity index (χ3v) is 4.19. The van der Waals surface area contributed by atoms with Crippen LogP contribution in [0.1, 0.15) is 29.2 Å². The third kappa shape index (κ3) is 1.91. The molecular formula is C15H13BrFNO. The summed E-state index contributed by atoms with van der Waals surface area (Å²) in [5.74, 6) is -0.422. The van der Waals surface area contributed by atoms with Gasteiger partial charge in [0.1, 0.15) is 11.4 Å². The monoisotopic (exact) mass is 321 g/mol. The molecule has 0 saturated carbocycles. The van der Waals surface area contributed by atoms with E-state index in [4.69, 9.17) is 5.73 Å². The highest BCUT2D eigenvalue weighted by atomic mass is 79.9. The summed E-state index contributed by atoms with van der Waals surface area (Å²) < 4.78 is 14.8. The largest absolute Gasteiger partial charge is 0.380 e. The lowest BCUT2D eigenvalue weighted by atomic mass is 9.87. The van der Waals surface area contributed by atoms with Gasteiger partial charge in [-0.2, -0.15) is 0 Å². The van der Waals surface area contributed by atoms with Crippen molar-refractivity contribution in [2.24, 2.45) is 5.73 Å². The van der Waals surface area contributed by atoms with E-state index in [0.717, 1.165) is 10.0 Å². The summed E-state index contributed by atoms with van der Waals surface area (Å²) in [6.45, 7) is 0. The van der Waals surface area contributed by atoms with E-state index in [2.05, 4.69) is 15.9 Å². The number of hydrogen-bond acceptors (Lipinski definition) is 2. The Morgan fingerprint density at radius 1 is 1.21 bits per heavy atom. The van der Waals surface area contributed by atoms with Crippen LogP contribution in [-0.4, -0.2) is 5.11 Å². The summed E-state index contributed by atoms with van der Waals surface area (Å²) in [4.78, 5) is 0. The molecule has 0 heterocycles. The van der Waals surface area contributed by atoms with Crippen molar-refractivity contribution < 1.29 is 9.50 Å². The molecule has 2 atom stereocenters. The number of nitrogens with two attached hydrogens (primary N) is 1. The molecule has 0 amide bonds. The zero-order chi connectivity index (χ0) is 13.6. The van der Waals surface area contributed by atoms with Crippen LogP contribution in [0.15, 0.2) is 46.9 Å². The van der Waals surface area contributed by atoms with Gasteiger partial charge in [0, 0.05) is 22.5 Å². The van der Waals surface area contributed by atoms with Crippen LogP contribution in [0.2, 0.25) is 0 Å². The Morgan fingerprint density at radius 2 is 1.95 bits per heavy atom. The van der Waals surface area contributed by atoms with Gasteiger partial charge in [0.25, 0.3) is 0 Å². The lowest BCUT2D eigenvalue weighted by Crippen LogP contribution is -2.26. The smallest absolute Gasteiger partial charge is 0.129 e. The standard InChI is InChI=1S/C15H13BrFNO/c16-9-5-6-13(17)12(7-9)15(19)8-14(18)10-3-1-2-4-11(10)15/h1-7,14,19H,8,18H2. The molecule has 0 aliphatic heterocycles. The van der Waals surface area contributed by atoms with E-state index in [1.54, 1.807) is 12.1 Å². The second-order valence-electron chi connectivity index (χ2n) is 4.88. The Kier molecular flexibility index (Phi) is 2.96. The lowest BCUT2D eigenvalue weighted by Gasteiger charge is -2.25. The molecule has 1 aliphatic rings. The van der Waals surface area contributed by atoms with Crippen molar-refractivity contribution in [3.05, 3.63) is 69.4 Å². The molecule has 2 unspecified atom stereocenters. The summed E-state index contributed by atoms with van der Waals surface area (Å²) in [6.07, 6.45) is 0.291. The molecule has 3 N–H and O–H groups in total. The summed E-state index contributed by atoms with van der Waals surface area (Å²) >= 11 is 3.31. The summed E-state index contributed by atoms with van der Waals surface area (Å²) in [5, 5.41) is 10.9. The van der Waals surface area contributed by atoms with E-state index < -0.39 is 11.4 Å². The maximum absolute atomic E-state index is 14.1. The molecule has 98 valence electrons. The van der Waals surface area contributed by atoms with Crippen molar-refractivity contribution in [1.82, 2.24) is 0 Å². The molecule has 2 aromatic rings. The second-order valence-corrected chi connectivity index (χ2v) is 5.80. The zero-order valence-corrected chi connectivity index (χ0v) is 11.7. The van der Waals surface area contributed by atoms with Crippen LogP contribution in [0.5, 0.6) is 0 Å². The van der Waals surface area contributed by atoms with E-state index in [9.17, 15) is 9.50 Å². The van der Waals surface area contributed by atoms with Crippen LogP contribution in [0.25, 0.3) is 0 Å². The Bertz CT molecular complexity index is 646. The number of fused-ring (bicyclic) bond motifs is 1. The van der Waals surface area contributed by atoms with Crippen LogP contribution in [0, 0.1) is 5.82 Å². The van der Waals surface area contributed by atoms with E-state index in [0.29, 0.717) is 12.0 Å². The van der Waals surface area contributed by atoms with Gasteiger partial charge in [-0.05, 0) is 29.3 Å². The SMILES string of the molecule is NC1CC(O)(c2cc(Br)ccc2F)c2ccccc21. The van der Waals surface area contributed by atoms with Gasteiger partial charge in [0.15, 0.2) is 0 Å². The summed E-state index contributed by atoms with van der Waals surface area (Å²) in [5.41, 5.74) is 6.54. The molecule has 1 aliphatic carbocycles. The van der Waals surface area contributed by atoms with E-state index in [1.807, 2.05) is 24.3 Å². The normalized spacial score (nSPS) is 25.4. The highest BCUT2D eigenvalue weighted by molar-refractivity contribution is 9.10. The molecule has 4 heteroatoms. The van der Waals surface area contributed by atoms with Gasteiger partial charge >= 0.3 is 0 Å². The summed E-state index contributed by atoms with van der Waals surface area (Å²) in [6, 6.07) is 11.7. The van der Waals surface area contributed by atoms with Gasteiger partial charge in [-0.1, -0.05) is 40.2 Å². The third-order valence-electron chi connectivity index (χ3n) is 3.70. The van der Waals surface area contributed by atoms with Crippen molar-refractivity contribution in [2.75, 3.05) is 0 Å². The maximum Gasteiger partial charge on any atom is 0.129 e. The maximum atomic E-state index is 14.1. The average Bonchev–Trinajstić information content (AvgIpc) is 2.66. The van der Waals surface area contributed by atoms with E-state index in [1.165, 1.54) is 6.07 Å². The Hall–Kier alpha value is -1.23. The van der Waals surface area contributed by atoms with Crippen LogP contribution in [0.4, 0.5) is 4.39 Å². The minimum Gasteiger partial charge on any atom is -0.380 e. The molecule has 0 aromatic heterocycles. The van der Waals surface area contributed by atoms with Crippen molar-refractivity contribution in [2.45, 2.75) is 18.1 Å². The molecule has 2 aromatic carbocycles. The lowest BCUT2D eigenvalue weighted by molar-refractivity contribution is 0.0736. The van der Waals surface area contributed by atoms with Gasteiger partial charge in [0.05, 0.1) is 0 Å². The molecule has 19 heavy (non-hydrogen) atoms. The van der Waals surface area contributed by atoms with Crippen molar-refractivity contribution >= 4 is 15.9 Å². The minimum absolute atomic E-state index is 0.266. The van der Waals surface area contributed by atoms with Gasteiger partial charge in [-0.15, -0.1) is 0 Å². The Balaban J connectivity index is 2.22. The number of hydrogen-bond donors (Lipinski definition) is 2. The zero-order valence-electron chi connectivity index (χ0n) is 10.1. The highest BCUT2D eigenvalue weighted by Gasteiger charge is 2.43. The van der Waals surface area contributed by atoms with Crippen molar-refractivity contribution in [3.8, 4) is 0 Å². The quantitative estimate of drug-likeness (QED) is 0.847. The van der Waals surface area contributed by atoms with E-state index >= 15 is 0 Å². The molecule has 0 saturated heterocycles. The highest BCUT2D eigenvalue weighted by Crippen LogP contribution is 2.47. The number of aliphatic hydroxyl groups is 1. The van der Waals surface area contributed by atoms with Crippen LogP contribution >= 0.6 is 15.9 Å². The summed E-state index contributed by atoms with van der Waals surface area (Å²) in [7, 11) is 0. The fourth-order valence-corrected chi connectivity index (χ4v) is 3.17. The number of benzene rings is 2. The van der Waals surface area contributed by atoms with Gasteiger partial charge in [-0.3, -0.25) is 0 Å². The predicted octanol–water partition coefficient (Wildman–Crippen LogP) is 3.23. The Morgan fingerprint density at radius 3 is 2.74 bits per heavy atom. The number of rotatable bonds is 1. The molecule has 3 rings (SSSR count). The van der Waals surface area contributed by atoms with Crippen LogP contribution in [-0.2, 0) is 5.60 Å². The van der Waals surface area contributed by atoms with Gasteiger partial charge in [0.2, 0.25) is 0 Å². The van der Waals surface area contributed by atoms with Crippen LogP contribution < -0.4 is 5.73 Å². The topological polar surface area (TPSA) is 46.2 Å². The van der Waals surface area contributed by atoms with Gasteiger partial charge < -0.3 is 10.8 Å². The molecule has 2 nitrogen and oxygen atoms in total. The van der Waals surface area contributed by atoms with Gasteiger partial charge in [-0.25, -0.2) is 4.39 Å². The van der Waals surface area contributed by atoms with Crippen molar-refractivity contribution in [3.63, 3.8) is 0 Å². The van der Waals surface area contributed by atoms with Crippen molar-refractivity contribution in [1.29, 1.82) is 0 Å². The fraction of sp³-hybridized carbons (Fsp3) is 0.200. The first-order valence-corrected chi connectivity index (χ1v) is 6.84. The number of halogens is 2. The average molecular weight is 322 g/mol. The molecule has 0 bridgehead atoms. The minimum atomic E-state index is -1.36. The first-order chi connectivity index (χ1) is 9.02. The Labute approximate surface area is 119 Å². The van der Waals surface area contributed by atoms with E-state index in [-0.39, 0.29) is 11.6 Å². The second kappa shape index (κ2) is 4.40. The predicted molar refractivity (Wildman–Crippen MR) is 75.1 cm³/mol.